The van der Waals surface area contributed by atoms with Crippen molar-refractivity contribution in [2.45, 2.75) is 13.1 Å². The quantitative estimate of drug-likeness (QED) is 0.867. The summed E-state index contributed by atoms with van der Waals surface area (Å²) in [6.45, 7) is 1.75. The number of phenolic OH excluding ortho intramolecular Hbond substituents is 1. The van der Waals surface area contributed by atoms with E-state index in [-0.39, 0.29) is 0 Å². The van der Waals surface area contributed by atoms with Gasteiger partial charge < -0.3 is 5.11 Å². The molecule has 0 aromatic heterocycles. The average Bonchev–Trinajstić information content (AvgIpc) is 2.30. The van der Waals surface area contributed by atoms with Gasteiger partial charge in [0.05, 0.1) is 0 Å². The lowest BCUT2D eigenvalue weighted by Crippen LogP contribution is -2.17. The van der Waals surface area contributed by atoms with E-state index >= 15 is 0 Å². The van der Waals surface area contributed by atoms with E-state index in [1.54, 1.807) is 6.07 Å². The van der Waals surface area contributed by atoms with Gasteiger partial charge >= 0.3 is 0 Å². The largest absolute Gasteiger partial charge is 0.508 e. The van der Waals surface area contributed by atoms with Crippen LogP contribution in [-0.2, 0) is 13.1 Å². The molecule has 2 rings (SSSR count). The molecule has 0 unspecified atom stereocenters. The lowest BCUT2D eigenvalue weighted by Gasteiger charge is -2.16. The SMILES string of the molecule is CN(Cc1ccccc1)Cc1cccc(O)c1. The summed E-state index contributed by atoms with van der Waals surface area (Å²) < 4.78 is 0. The maximum absolute atomic E-state index is 9.40. The topological polar surface area (TPSA) is 23.5 Å². The Kier molecular flexibility index (Phi) is 3.78. The Balaban J connectivity index is 1.96. The Morgan fingerprint density at radius 1 is 0.882 bits per heavy atom. The molecule has 0 radical (unpaired) electrons. The lowest BCUT2D eigenvalue weighted by atomic mass is 10.2. The summed E-state index contributed by atoms with van der Waals surface area (Å²) in [4.78, 5) is 2.23. The Bertz CT molecular complexity index is 467. The van der Waals surface area contributed by atoms with Crippen LogP contribution < -0.4 is 0 Å². The highest BCUT2D eigenvalue weighted by Crippen LogP contribution is 2.13. The predicted octanol–water partition coefficient (Wildman–Crippen LogP) is 3.02. The Morgan fingerprint density at radius 3 is 2.24 bits per heavy atom. The molecule has 0 fully saturated rings. The van der Waals surface area contributed by atoms with Gasteiger partial charge in [0.15, 0.2) is 0 Å². The molecule has 0 bridgehead atoms. The van der Waals surface area contributed by atoms with E-state index in [0.29, 0.717) is 5.75 Å². The first-order valence-electron chi connectivity index (χ1n) is 5.74. The van der Waals surface area contributed by atoms with Crippen molar-refractivity contribution in [2.24, 2.45) is 0 Å². The fourth-order valence-corrected chi connectivity index (χ4v) is 1.92. The van der Waals surface area contributed by atoms with Crippen molar-refractivity contribution in [1.82, 2.24) is 4.90 Å². The number of hydrogen-bond donors (Lipinski definition) is 1. The van der Waals surface area contributed by atoms with Crippen molar-refractivity contribution in [3.8, 4) is 5.75 Å². The van der Waals surface area contributed by atoms with Crippen molar-refractivity contribution >= 4 is 0 Å². The Hall–Kier alpha value is -1.80. The third kappa shape index (κ3) is 3.61. The molecule has 0 saturated heterocycles. The van der Waals surface area contributed by atoms with Gasteiger partial charge in [-0.25, -0.2) is 0 Å². The zero-order valence-corrected chi connectivity index (χ0v) is 10.0. The van der Waals surface area contributed by atoms with E-state index in [4.69, 9.17) is 0 Å². The second-order valence-electron chi connectivity index (χ2n) is 4.33. The molecular weight excluding hydrogens is 210 g/mol. The summed E-state index contributed by atoms with van der Waals surface area (Å²) in [7, 11) is 2.08. The molecule has 0 aliphatic carbocycles. The van der Waals surface area contributed by atoms with Gasteiger partial charge in [-0.15, -0.1) is 0 Å². The van der Waals surface area contributed by atoms with Crippen LogP contribution in [0.1, 0.15) is 11.1 Å². The van der Waals surface area contributed by atoms with E-state index in [9.17, 15) is 5.11 Å². The number of rotatable bonds is 4. The minimum Gasteiger partial charge on any atom is -0.508 e. The summed E-state index contributed by atoms with van der Waals surface area (Å²) in [5, 5.41) is 9.40. The molecule has 2 aromatic carbocycles. The minimum atomic E-state index is 0.329. The van der Waals surface area contributed by atoms with Crippen LogP contribution in [0.25, 0.3) is 0 Å². The third-order valence-electron chi connectivity index (χ3n) is 2.66. The maximum atomic E-state index is 9.40. The normalized spacial score (nSPS) is 10.7. The van der Waals surface area contributed by atoms with Crippen molar-refractivity contribution < 1.29 is 5.11 Å². The smallest absolute Gasteiger partial charge is 0.115 e. The van der Waals surface area contributed by atoms with Crippen LogP contribution in [0.2, 0.25) is 0 Å². The van der Waals surface area contributed by atoms with Gasteiger partial charge in [-0.2, -0.15) is 0 Å². The number of phenols is 1. The molecule has 2 nitrogen and oxygen atoms in total. The molecule has 17 heavy (non-hydrogen) atoms. The molecule has 0 atom stereocenters. The van der Waals surface area contributed by atoms with Crippen LogP contribution in [0.3, 0.4) is 0 Å². The van der Waals surface area contributed by atoms with Gasteiger partial charge in [-0.3, -0.25) is 4.90 Å². The van der Waals surface area contributed by atoms with E-state index in [1.165, 1.54) is 5.56 Å². The monoisotopic (exact) mass is 227 g/mol. The molecule has 0 aliphatic heterocycles. The van der Waals surface area contributed by atoms with E-state index in [1.807, 2.05) is 24.3 Å². The maximum Gasteiger partial charge on any atom is 0.115 e. The fraction of sp³-hybridized carbons (Fsp3) is 0.200. The molecule has 2 heteroatoms. The van der Waals surface area contributed by atoms with Crippen LogP contribution in [0.15, 0.2) is 54.6 Å². The van der Waals surface area contributed by atoms with Gasteiger partial charge in [-0.05, 0) is 30.3 Å². The lowest BCUT2D eigenvalue weighted by molar-refractivity contribution is 0.318. The summed E-state index contributed by atoms with van der Waals surface area (Å²) in [6, 6.07) is 17.8. The van der Waals surface area contributed by atoms with Crippen molar-refractivity contribution in [1.29, 1.82) is 0 Å². The number of benzene rings is 2. The predicted molar refractivity (Wildman–Crippen MR) is 69.7 cm³/mol. The second kappa shape index (κ2) is 5.51. The first-order valence-corrected chi connectivity index (χ1v) is 5.74. The highest BCUT2D eigenvalue weighted by atomic mass is 16.3. The van der Waals surface area contributed by atoms with Gasteiger partial charge in [0.25, 0.3) is 0 Å². The Morgan fingerprint density at radius 2 is 1.53 bits per heavy atom. The van der Waals surface area contributed by atoms with Gasteiger partial charge in [0, 0.05) is 13.1 Å². The fourth-order valence-electron chi connectivity index (χ4n) is 1.92. The summed E-state index contributed by atoms with van der Waals surface area (Å²) >= 11 is 0. The minimum absolute atomic E-state index is 0.329. The molecule has 0 aliphatic rings. The standard InChI is InChI=1S/C15H17NO/c1-16(11-13-6-3-2-4-7-13)12-14-8-5-9-15(17)10-14/h2-10,17H,11-12H2,1H3. The molecule has 0 spiro atoms. The zero-order valence-electron chi connectivity index (χ0n) is 10.0. The molecule has 0 amide bonds. The van der Waals surface area contributed by atoms with Crippen molar-refractivity contribution in [3.05, 3.63) is 65.7 Å². The van der Waals surface area contributed by atoms with Crippen LogP contribution >= 0.6 is 0 Å². The van der Waals surface area contributed by atoms with E-state index in [0.717, 1.165) is 18.7 Å². The molecule has 0 heterocycles. The van der Waals surface area contributed by atoms with Gasteiger partial charge in [0.1, 0.15) is 5.75 Å². The summed E-state index contributed by atoms with van der Waals surface area (Å²) in [5.74, 6) is 0.329. The average molecular weight is 227 g/mol. The molecule has 0 saturated carbocycles. The molecule has 1 N–H and O–H groups in total. The van der Waals surface area contributed by atoms with Crippen molar-refractivity contribution in [2.75, 3.05) is 7.05 Å². The molecular formula is C15H17NO. The number of nitrogens with zero attached hydrogens (tertiary/aromatic N) is 1. The zero-order chi connectivity index (χ0) is 12.1. The van der Waals surface area contributed by atoms with Crippen LogP contribution in [0, 0.1) is 0 Å². The highest BCUT2D eigenvalue weighted by Gasteiger charge is 2.02. The Labute approximate surface area is 102 Å². The van der Waals surface area contributed by atoms with Crippen LogP contribution in [0.5, 0.6) is 5.75 Å². The summed E-state index contributed by atoms with van der Waals surface area (Å²) in [5.41, 5.74) is 2.43. The van der Waals surface area contributed by atoms with Crippen molar-refractivity contribution in [3.63, 3.8) is 0 Å². The first-order chi connectivity index (χ1) is 8.24. The number of hydrogen-bond acceptors (Lipinski definition) is 2. The third-order valence-corrected chi connectivity index (χ3v) is 2.66. The van der Waals surface area contributed by atoms with Crippen LogP contribution in [-0.4, -0.2) is 17.1 Å². The van der Waals surface area contributed by atoms with Crippen LogP contribution in [0.4, 0.5) is 0 Å². The van der Waals surface area contributed by atoms with Gasteiger partial charge in [-0.1, -0.05) is 42.5 Å². The second-order valence-corrected chi connectivity index (χ2v) is 4.33. The van der Waals surface area contributed by atoms with E-state index in [2.05, 4.69) is 36.2 Å². The molecule has 2 aromatic rings. The number of aromatic hydroxyl groups is 1. The molecule has 88 valence electrons. The van der Waals surface area contributed by atoms with E-state index < -0.39 is 0 Å². The summed E-state index contributed by atoms with van der Waals surface area (Å²) in [6.07, 6.45) is 0. The highest BCUT2D eigenvalue weighted by molar-refractivity contribution is 5.27. The van der Waals surface area contributed by atoms with Gasteiger partial charge in [0.2, 0.25) is 0 Å². The first kappa shape index (κ1) is 11.7.